The van der Waals surface area contributed by atoms with E-state index in [4.69, 9.17) is 5.11 Å². The van der Waals surface area contributed by atoms with E-state index in [9.17, 15) is 14.7 Å². The summed E-state index contributed by atoms with van der Waals surface area (Å²) in [5, 5.41) is 21.0. The Morgan fingerprint density at radius 2 is 1.95 bits per heavy atom. The second-order valence-corrected chi connectivity index (χ2v) is 4.48. The lowest BCUT2D eigenvalue weighted by molar-refractivity contribution is -0.144. The molecule has 0 aromatic heterocycles. The van der Waals surface area contributed by atoms with Crippen LogP contribution in [0, 0.1) is 5.92 Å². The number of benzene rings is 1. The summed E-state index contributed by atoms with van der Waals surface area (Å²) in [6.45, 7) is 3.24. The van der Waals surface area contributed by atoms with E-state index >= 15 is 0 Å². The van der Waals surface area contributed by atoms with Crippen LogP contribution in [0.15, 0.2) is 43.0 Å². The van der Waals surface area contributed by atoms with Gasteiger partial charge in [-0.2, -0.15) is 0 Å². The molecule has 0 bridgehead atoms. The molecule has 0 radical (unpaired) electrons. The Hall–Kier alpha value is -2.14. The molecule has 0 fully saturated rings. The third-order valence-corrected chi connectivity index (χ3v) is 2.95. The van der Waals surface area contributed by atoms with Gasteiger partial charge in [-0.3, -0.25) is 9.59 Å². The van der Waals surface area contributed by atoms with Crippen LogP contribution in [0.25, 0.3) is 0 Å². The smallest absolute Gasteiger partial charge is 0.307 e. The molecule has 0 saturated carbocycles. The molecule has 0 aliphatic carbocycles. The summed E-state index contributed by atoms with van der Waals surface area (Å²) in [5.74, 6) is -2.22. The Morgan fingerprint density at radius 1 is 1.30 bits per heavy atom. The van der Waals surface area contributed by atoms with Crippen molar-refractivity contribution < 1.29 is 19.8 Å². The maximum Gasteiger partial charge on any atom is 0.307 e. The molecule has 0 spiro atoms. The number of aliphatic carboxylic acids is 1. The van der Waals surface area contributed by atoms with Crippen molar-refractivity contribution in [3.63, 3.8) is 0 Å². The van der Waals surface area contributed by atoms with Gasteiger partial charge in [0.2, 0.25) is 5.91 Å². The molecular weight excluding hydrogens is 258 g/mol. The highest BCUT2D eigenvalue weighted by molar-refractivity contribution is 5.82. The van der Waals surface area contributed by atoms with Gasteiger partial charge in [0, 0.05) is 6.42 Å². The van der Waals surface area contributed by atoms with Crippen molar-refractivity contribution in [2.45, 2.75) is 18.9 Å². The number of carbonyl (C=O) groups is 2. The van der Waals surface area contributed by atoms with Crippen LogP contribution >= 0.6 is 0 Å². The lowest BCUT2D eigenvalue weighted by Gasteiger charge is -2.18. The first-order chi connectivity index (χ1) is 9.58. The Labute approximate surface area is 117 Å². The molecule has 2 atom stereocenters. The van der Waals surface area contributed by atoms with Gasteiger partial charge < -0.3 is 15.5 Å². The number of aliphatic hydroxyl groups excluding tert-OH is 1. The third-order valence-electron chi connectivity index (χ3n) is 2.95. The van der Waals surface area contributed by atoms with Gasteiger partial charge in [-0.25, -0.2) is 0 Å². The van der Waals surface area contributed by atoms with Crippen LogP contribution in [0.5, 0.6) is 0 Å². The summed E-state index contributed by atoms with van der Waals surface area (Å²) in [6.07, 6.45) is 1.58. The summed E-state index contributed by atoms with van der Waals surface area (Å²) >= 11 is 0. The summed E-state index contributed by atoms with van der Waals surface area (Å²) in [6, 6.07) is 8.51. The molecule has 0 aliphatic heterocycles. The SMILES string of the molecule is C=CC[C@@H](CC(=O)N[C@@H](CO)c1ccccc1)C(=O)O. The number of carboxylic acid groups (broad SMARTS) is 1. The van der Waals surface area contributed by atoms with E-state index in [1.807, 2.05) is 18.2 Å². The van der Waals surface area contributed by atoms with Gasteiger partial charge in [0.25, 0.3) is 0 Å². The van der Waals surface area contributed by atoms with Crippen molar-refractivity contribution in [3.05, 3.63) is 48.6 Å². The predicted octanol–water partition coefficient (Wildman–Crippen LogP) is 1.50. The molecule has 5 nitrogen and oxygen atoms in total. The quantitative estimate of drug-likeness (QED) is 0.628. The molecule has 0 unspecified atom stereocenters. The number of aliphatic hydroxyl groups is 1. The normalized spacial score (nSPS) is 13.2. The maximum absolute atomic E-state index is 11.9. The van der Waals surface area contributed by atoms with Crippen LogP contribution in [0.3, 0.4) is 0 Å². The van der Waals surface area contributed by atoms with Crippen molar-refractivity contribution in [1.29, 1.82) is 0 Å². The van der Waals surface area contributed by atoms with Gasteiger partial charge in [-0.1, -0.05) is 36.4 Å². The molecule has 0 heterocycles. The molecule has 1 aromatic carbocycles. The number of carbonyl (C=O) groups excluding carboxylic acids is 1. The molecule has 1 rings (SSSR count). The third kappa shape index (κ3) is 4.85. The number of rotatable bonds is 8. The first-order valence-electron chi connectivity index (χ1n) is 6.37. The van der Waals surface area contributed by atoms with E-state index in [0.29, 0.717) is 0 Å². The zero-order valence-electron chi connectivity index (χ0n) is 11.2. The molecule has 1 aromatic rings. The number of carboxylic acids is 1. The van der Waals surface area contributed by atoms with Crippen LogP contribution in [0.2, 0.25) is 0 Å². The summed E-state index contributed by atoms with van der Waals surface area (Å²) < 4.78 is 0. The second-order valence-electron chi connectivity index (χ2n) is 4.48. The number of hydrogen-bond acceptors (Lipinski definition) is 3. The van der Waals surface area contributed by atoms with Crippen molar-refractivity contribution in [2.24, 2.45) is 5.92 Å². The van der Waals surface area contributed by atoms with Crippen LogP contribution < -0.4 is 5.32 Å². The Balaban J connectivity index is 2.63. The second kappa shape index (κ2) is 8.12. The van der Waals surface area contributed by atoms with E-state index in [2.05, 4.69) is 11.9 Å². The van der Waals surface area contributed by atoms with E-state index in [0.717, 1.165) is 5.56 Å². The molecule has 5 heteroatoms. The van der Waals surface area contributed by atoms with E-state index in [1.54, 1.807) is 12.1 Å². The zero-order valence-corrected chi connectivity index (χ0v) is 11.2. The van der Waals surface area contributed by atoms with Gasteiger partial charge in [0.15, 0.2) is 0 Å². The fourth-order valence-electron chi connectivity index (χ4n) is 1.87. The maximum atomic E-state index is 11.9. The average Bonchev–Trinajstić information content (AvgIpc) is 2.45. The molecule has 1 amide bonds. The minimum Gasteiger partial charge on any atom is -0.481 e. The molecule has 108 valence electrons. The first kappa shape index (κ1) is 15.9. The highest BCUT2D eigenvalue weighted by Gasteiger charge is 2.21. The number of allylic oxidation sites excluding steroid dienone is 1. The number of hydrogen-bond donors (Lipinski definition) is 3. The molecule has 0 aliphatic rings. The lowest BCUT2D eigenvalue weighted by Crippen LogP contribution is -2.33. The van der Waals surface area contributed by atoms with E-state index < -0.39 is 23.8 Å². The topological polar surface area (TPSA) is 86.6 Å². The van der Waals surface area contributed by atoms with E-state index in [-0.39, 0.29) is 19.4 Å². The Bertz CT molecular complexity index is 458. The fraction of sp³-hybridized carbons (Fsp3) is 0.333. The predicted molar refractivity (Wildman–Crippen MR) is 75.0 cm³/mol. The van der Waals surface area contributed by atoms with Crippen LogP contribution in [0.4, 0.5) is 0 Å². The highest BCUT2D eigenvalue weighted by atomic mass is 16.4. The van der Waals surface area contributed by atoms with Crippen molar-refractivity contribution in [1.82, 2.24) is 5.32 Å². The monoisotopic (exact) mass is 277 g/mol. The van der Waals surface area contributed by atoms with Crippen molar-refractivity contribution in [3.8, 4) is 0 Å². The molecular formula is C15H19NO4. The summed E-state index contributed by atoms with van der Waals surface area (Å²) in [5.41, 5.74) is 0.777. The fourth-order valence-corrected chi connectivity index (χ4v) is 1.87. The minimum atomic E-state index is -1.03. The van der Waals surface area contributed by atoms with Crippen molar-refractivity contribution >= 4 is 11.9 Å². The largest absolute Gasteiger partial charge is 0.481 e. The molecule has 0 saturated heterocycles. The first-order valence-corrected chi connectivity index (χ1v) is 6.37. The number of nitrogens with one attached hydrogen (secondary N) is 1. The Morgan fingerprint density at radius 3 is 2.45 bits per heavy atom. The van der Waals surface area contributed by atoms with Gasteiger partial charge in [0.05, 0.1) is 18.6 Å². The highest BCUT2D eigenvalue weighted by Crippen LogP contribution is 2.14. The minimum absolute atomic E-state index is 0.134. The van der Waals surface area contributed by atoms with Gasteiger partial charge in [0.1, 0.15) is 0 Å². The van der Waals surface area contributed by atoms with Gasteiger partial charge >= 0.3 is 5.97 Å². The summed E-state index contributed by atoms with van der Waals surface area (Å²) in [4.78, 5) is 22.8. The van der Waals surface area contributed by atoms with Gasteiger partial charge in [-0.05, 0) is 12.0 Å². The van der Waals surface area contributed by atoms with E-state index in [1.165, 1.54) is 6.08 Å². The van der Waals surface area contributed by atoms with Crippen LogP contribution in [-0.4, -0.2) is 28.7 Å². The summed E-state index contributed by atoms with van der Waals surface area (Å²) in [7, 11) is 0. The lowest BCUT2D eigenvalue weighted by atomic mass is 10.0. The van der Waals surface area contributed by atoms with Crippen LogP contribution in [-0.2, 0) is 9.59 Å². The molecule has 3 N–H and O–H groups in total. The number of amides is 1. The zero-order chi connectivity index (χ0) is 15.0. The van der Waals surface area contributed by atoms with Gasteiger partial charge in [-0.15, -0.1) is 6.58 Å². The van der Waals surface area contributed by atoms with Crippen molar-refractivity contribution in [2.75, 3.05) is 6.61 Å². The average molecular weight is 277 g/mol. The standard InChI is InChI=1S/C15H19NO4/c1-2-6-12(15(19)20)9-14(18)16-13(10-17)11-7-4-3-5-8-11/h2-5,7-8,12-13,17H,1,6,9-10H2,(H,16,18)(H,19,20)/t12-,13-/m0/s1. The van der Waals surface area contributed by atoms with Crippen LogP contribution in [0.1, 0.15) is 24.4 Å². The Kier molecular flexibility index (Phi) is 6.46. The molecule has 20 heavy (non-hydrogen) atoms.